The second-order valence-corrected chi connectivity index (χ2v) is 6.54. The zero-order valence-corrected chi connectivity index (χ0v) is 9.71. The number of aromatic nitrogens is 2. The molecule has 1 aromatic heterocycles. The Morgan fingerprint density at radius 3 is 2.93 bits per heavy atom. The summed E-state index contributed by atoms with van der Waals surface area (Å²) in [6.07, 6.45) is 2.43. The van der Waals surface area contributed by atoms with Crippen molar-refractivity contribution in [1.29, 1.82) is 0 Å². The van der Waals surface area contributed by atoms with E-state index in [9.17, 15) is 8.42 Å². The van der Waals surface area contributed by atoms with E-state index in [4.69, 9.17) is 0 Å². The van der Waals surface area contributed by atoms with E-state index in [1.807, 2.05) is 0 Å². The van der Waals surface area contributed by atoms with Crippen molar-refractivity contribution >= 4 is 10.0 Å². The summed E-state index contributed by atoms with van der Waals surface area (Å²) in [6.45, 7) is 4.42. The SMILES string of the molecule is CC(C)S(=O)(=O)N1CCc2[nH]ncc2C1. The maximum atomic E-state index is 11.9. The third-order valence-corrected chi connectivity index (χ3v) is 4.94. The third kappa shape index (κ3) is 1.79. The van der Waals surface area contributed by atoms with E-state index in [2.05, 4.69) is 10.2 Å². The lowest BCUT2D eigenvalue weighted by atomic mass is 10.1. The predicted molar refractivity (Wildman–Crippen MR) is 56.8 cm³/mol. The molecule has 0 atom stereocenters. The maximum Gasteiger partial charge on any atom is 0.216 e. The highest BCUT2D eigenvalue weighted by Gasteiger charge is 2.29. The number of hydrogen-bond donors (Lipinski definition) is 1. The molecule has 0 spiro atoms. The van der Waals surface area contributed by atoms with Gasteiger partial charge in [0.15, 0.2) is 0 Å². The summed E-state index contributed by atoms with van der Waals surface area (Å²) in [5.74, 6) is 0. The fraction of sp³-hybridized carbons (Fsp3) is 0.667. The number of nitrogens with one attached hydrogen (secondary N) is 1. The van der Waals surface area contributed by atoms with Crippen LogP contribution in [-0.4, -0.2) is 34.7 Å². The topological polar surface area (TPSA) is 66.1 Å². The van der Waals surface area contributed by atoms with Crippen molar-refractivity contribution < 1.29 is 8.42 Å². The normalized spacial score (nSPS) is 18.1. The largest absolute Gasteiger partial charge is 0.282 e. The third-order valence-electron chi connectivity index (χ3n) is 2.72. The number of aromatic amines is 1. The number of H-pyrrole nitrogens is 1. The average molecular weight is 229 g/mol. The van der Waals surface area contributed by atoms with E-state index in [0.29, 0.717) is 13.1 Å². The molecule has 1 aromatic rings. The van der Waals surface area contributed by atoms with E-state index in [1.165, 1.54) is 4.31 Å². The van der Waals surface area contributed by atoms with Crippen LogP contribution in [0.2, 0.25) is 0 Å². The van der Waals surface area contributed by atoms with Crippen molar-refractivity contribution in [2.75, 3.05) is 6.54 Å². The summed E-state index contributed by atoms with van der Waals surface area (Å²) in [7, 11) is -3.13. The Bertz CT molecular complexity index is 450. The summed E-state index contributed by atoms with van der Waals surface area (Å²) in [5, 5.41) is 6.45. The molecule has 0 aromatic carbocycles. The minimum absolute atomic E-state index is 0.356. The number of rotatable bonds is 2. The van der Waals surface area contributed by atoms with Gasteiger partial charge in [0.25, 0.3) is 0 Å². The number of nitrogens with zero attached hydrogens (tertiary/aromatic N) is 2. The molecule has 0 saturated heterocycles. The van der Waals surface area contributed by atoms with Crippen molar-refractivity contribution in [3.05, 3.63) is 17.5 Å². The Balaban J connectivity index is 2.24. The molecule has 1 aliphatic heterocycles. The highest BCUT2D eigenvalue weighted by atomic mass is 32.2. The Morgan fingerprint density at radius 1 is 1.53 bits per heavy atom. The molecule has 0 saturated carbocycles. The van der Waals surface area contributed by atoms with Gasteiger partial charge in [0.05, 0.1) is 11.4 Å². The Labute approximate surface area is 89.5 Å². The maximum absolute atomic E-state index is 11.9. The number of sulfonamides is 1. The van der Waals surface area contributed by atoms with Gasteiger partial charge in [-0.3, -0.25) is 5.10 Å². The predicted octanol–water partition coefficient (Wildman–Crippen LogP) is 0.506. The number of hydrogen-bond acceptors (Lipinski definition) is 3. The molecule has 84 valence electrons. The standard InChI is InChI=1S/C9H15N3O2S/c1-7(2)15(13,14)12-4-3-9-8(6-12)5-10-11-9/h5,7H,3-4,6H2,1-2H3,(H,10,11). The molecule has 1 N–H and O–H groups in total. The van der Waals surface area contributed by atoms with Gasteiger partial charge in [0.2, 0.25) is 10.0 Å². The molecular formula is C9H15N3O2S. The summed E-state index contributed by atoms with van der Waals surface area (Å²) in [6, 6.07) is 0. The molecule has 5 nitrogen and oxygen atoms in total. The first kappa shape index (κ1) is 10.6. The van der Waals surface area contributed by atoms with Gasteiger partial charge in [-0.05, 0) is 13.8 Å². The van der Waals surface area contributed by atoms with Crippen molar-refractivity contribution in [1.82, 2.24) is 14.5 Å². The van der Waals surface area contributed by atoms with Crippen molar-refractivity contribution in [2.24, 2.45) is 0 Å². The van der Waals surface area contributed by atoms with Crippen LogP contribution in [0.25, 0.3) is 0 Å². The van der Waals surface area contributed by atoms with Crippen LogP contribution in [-0.2, 0) is 23.0 Å². The van der Waals surface area contributed by atoms with Gasteiger partial charge in [-0.2, -0.15) is 9.40 Å². The van der Waals surface area contributed by atoms with Crippen LogP contribution in [0, 0.1) is 0 Å². The Morgan fingerprint density at radius 2 is 2.27 bits per heavy atom. The van der Waals surface area contributed by atoms with Crippen LogP contribution in [0.15, 0.2) is 6.20 Å². The lowest BCUT2D eigenvalue weighted by Crippen LogP contribution is -2.39. The second-order valence-electron chi connectivity index (χ2n) is 4.05. The first-order chi connectivity index (χ1) is 7.01. The Hall–Kier alpha value is -0.880. The Kier molecular flexibility index (Phi) is 2.56. The van der Waals surface area contributed by atoms with Crippen molar-refractivity contribution in [3.63, 3.8) is 0 Å². The average Bonchev–Trinajstić information content (AvgIpc) is 2.63. The lowest BCUT2D eigenvalue weighted by Gasteiger charge is -2.27. The molecule has 0 radical (unpaired) electrons. The smallest absolute Gasteiger partial charge is 0.216 e. The van der Waals surface area contributed by atoms with Crippen LogP contribution in [0.3, 0.4) is 0 Å². The number of fused-ring (bicyclic) bond motifs is 1. The van der Waals surface area contributed by atoms with Gasteiger partial charge >= 0.3 is 0 Å². The second kappa shape index (κ2) is 3.61. The molecular weight excluding hydrogens is 214 g/mol. The van der Waals surface area contributed by atoms with Crippen LogP contribution < -0.4 is 0 Å². The summed E-state index contributed by atoms with van der Waals surface area (Å²) in [4.78, 5) is 0. The molecule has 2 rings (SSSR count). The minimum Gasteiger partial charge on any atom is -0.282 e. The quantitative estimate of drug-likeness (QED) is 0.803. The van der Waals surface area contributed by atoms with E-state index in [-0.39, 0.29) is 5.25 Å². The lowest BCUT2D eigenvalue weighted by molar-refractivity contribution is 0.385. The van der Waals surface area contributed by atoms with Crippen LogP contribution in [0.5, 0.6) is 0 Å². The highest BCUT2D eigenvalue weighted by Crippen LogP contribution is 2.20. The summed E-state index contributed by atoms with van der Waals surface area (Å²) in [5.41, 5.74) is 2.05. The monoisotopic (exact) mass is 229 g/mol. The molecule has 0 fully saturated rings. The fourth-order valence-corrected chi connectivity index (χ4v) is 2.97. The van der Waals surface area contributed by atoms with Gasteiger partial charge < -0.3 is 0 Å². The van der Waals surface area contributed by atoms with E-state index < -0.39 is 10.0 Å². The van der Waals surface area contributed by atoms with Crippen LogP contribution in [0.1, 0.15) is 25.1 Å². The van der Waals surface area contributed by atoms with E-state index in [0.717, 1.165) is 17.7 Å². The minimum atomic E-state index is -3.13. The van der Waals surface area contributed by atoms with Crippen molar-refractivity contribution in [2.45, 2.75) is 32.1 Å². The van der Waals surface area contributed by atoms with E-state index in [1.54, 1.807) is 20.0 Å². The molecule has 1 aliphatic rings. The van der Waals surface area contributed by atoms with Gasteiger partial charge in [-0.25, -0.2) is 8.42 Å². The summed E-state index contributed by atoms with van der Waals surface area (Å²) < 4.78 is 25.4. The molecule has 0 amide bonds. The fourth-order valence-electron chi connectivity index (χ4n) is 1.71. The van der Waals surface area contributed by atoms with Gasteiger partial charge in [-0.1, -0.05) is 0 Å². The van der Waals surface area contributed by atoms with E-state index >= 15 is 0 Å². The molecule has 0 aliphatic carbocycles. The van der Waals surface area contributed by atoms with Gasteiger partial charge in [0.1, 0.15) is 0 Å². The first-order valence-electron chi connectivity index (χ1n) is 5.02. The van der Waals surface area contributed by atoms with Crippen LogP contribution >= 0.6 is 0 Å². The van der Waals surface area contributed by atoms with Crippen molar-refractivity contribution in [3.8, 4) is 0 Å². The molecule has 15 heavy (non-hydrogen) atoms. The molecule has 0 bridgehead atoms. The first-order valence-corrected chi connectivity index (χ1v) is 6.52. The van der Waals surface area contributed by atoms with Crippen LogP contribution in [0.4, 0.5) is 0 Å². The zero-order chi connectivity index (χ0) is 11.1. The highest BCUT2D eigenvalue weighted by molar-refractivity contribution is 7.89. The zero-order valence-electron chi connectivity index (χ0n) is 8.90. The molecule has 0 unspecified atom stereocenters. The van der Waals surface area contributed by atoms with Gasteiger partial charge in [0, 0.05) is 30.8 Å². The molecule has 2 heterocycles. The van der Waals surface area contributed by atoms with Gasteiger partial charge in [-0.15, -0.1) is 0 Å². The molecule has 6 heteroatoms. The summed E-state index contributed by atoms with van der Waals surface area (Å²) >= 11 is 0.